The fourth-order valence-corrected chi connectivity index (χ4v) is 3.99. The van der Waals surface area contributed by atoms with E-state index in [0.717, 1.165) is 11.3 Å². The van der Waals surface area contributed by atoms with Gasteiger partial charge in [0, 0.05) is 0 Å². The third kappa shape index (κ3) is 3.08. The van der Waals surface area contributed by atoms with Crippen molar-refractivity contribution in [2.45, 2.75) is 30.7 Å². The number of nitrogens with one attached hydrogen (secondary N) is 1. The Hall–Kier alpha value is -0.960. The van der Waals surface area contributed by atoms with Crippen molar-refractivity contribution in [3.63, 3.8) is 0 Å². The fraction of sp³-hybridized carbons (Fsp3) is 0.500. The van der Waals surface area contributed by atoms with Crippen molar-refractivity contribution in [2.75, 3.05) is 6.61 Å². The summed E-state index contributed by atoms with van der Waals surface area (Å²) in [6, 6.07) is 1.24. The highest BCUT2D eigenvalue weighted by Crippen LogP contribution is 2.23. The van der Waals surface area contributed by atoms with Crippen LogP contribution in [-0.4, -0.2) is 36.7 Å². The summed E-state index contributed by atoms with van der Waals surface area (Å²) in [5.74, 6) is -1.28. The third-order valence-electron chi connectivity index (χ3n) is 2.62. The van der Waals surface area contributed by atoms with Gasteiger partial charge in [-0.05, 0) is 24.8 Å². The van der Waals surface area contributed by atoms with Crippen LogP contribution in [0.25, 0.3) is 0 Å². The van der Waals surface area contributed by atoms with Crippen LogP contribution in [0.1, 0.15) is 29.9 Å². The number of carbonyl (C=O) groups is 1. The quantitative estimate of drug-likeness (QED) is 0.722. The maximum Gasteiger partial charge on any atom is 0.347 e. The van der Waals surface area contributed by atoms with E-state index in [2.05, 4.69) is 4.72 Å². The molecule has 8 heteroatoms. The summed E-state index contributed by atoms with van der Waals surface area (Å²) >= 11 is 0.845. The van der Waals surface area contributed by atoms with Crippen molar-refractivity contribution in [1.29, 1.82) is 0 Å². The third-order valence-corrected chi connectivity index (χ3v) is 5.34. The summed E-state index contributed by atoms with van der Waals surface area (Å²) in [5, 5.41) is 19.5. The molecular weight excluding hydrogens is 278 g/mol. The Kier molecular flexibility index (Phi) is 4.49. The second-order valence-corrected chi connectivity index (χ2v) is 6.66. The van der Waals surface area contributed by atoms with Gasteiger partial charge in [-0.25, -0.2) is 17.9 Å². The first-order valence-electron chi connectivity index (χ1n) is 5.21. The summed E-state index contributed by atoms with van der Waals surface area (Å²) in [7, 11) is -3.95. The number of sulfonamides is 1. The van der Waals surface area contributed by atoms with Crippen LogP contribution in [0.15, 0.2) is 16.3 Å². The Morgan fingerprint density at radius 3 is 2.61 bits per heavy atom. The second kappa shape index (κ2) is 5.35. The largest absolute Gasteiger partial charge is 0.477 e. The lowest BCUT2D eigenvalue weighted by atomic mass is 10.0. The Labute approximate surface area is 109 Å². The number of rotatable bonds is 6. The van der Waals surface area contributed by atoms with E-state index in [4.69, 9.17) is 5.11 Å². The Balaban J connectivity index is 3.15. The van der Waals surface area contributed by atoms with Gasteiger partial charge in [-0.1, -0.05) is 6.92 Å². The number of aliphatic hydroxyl groups is 1. The zero-order valence-electron chi connectivity index (χ0n) is 10.0. The van der Waals surface area contributed by atoms with E-state index < -0.39 is 21.5 Å². The lowest BCUT2D eigenvalue weighted by Gasteiger charge is -2.26. The predicted octanol–water partition coefficient (Wildman–Crippen LogP) is 0.886. The number of carboxylic acids is 1. The molecule has 0 aliphatic carbocycles. The first-order valence-corrected chi connectivity index (χ1v) is 7.57. The molecule has 0 spiro atoms. The molecule has 1 unspecified atom stereocenters. The molecule has 1 aromatic heterocycles. The SMILES string of the molecule is CCC(C)(CO)NS(=O)(=O)c1ccsc1C(=O)O. The van der Waals surface area contributed by atoms with Gasteiger partial charge in [0.25, 0.3) is 0 Å². The predicted molar refractivity (Wildman–Crippen MR) is 67.4 cm³/mol. The average Bonchev–Trinajstić information content (AvgIpc) is 2.78. The standard InChI is InChI=1S/C10H15NO5S2/c1-3-10(2,6-12)11-18(15,16)7-4-5-17-8(7)9(13)14/h4-5,11-12H,3,6H2,1-2H3,(H,13,14). The number of carboxylic acid groups (broad SMARTS) is 1. The van der Waals surface area contributed by atoms with E-state index in [-0.39, 0.29) is 16.4 Å². The summed E-state index contributed by atoms with van der Waals surface area (Å²) < 4.78 is 26.5. The van der Waals surface area contributed by atoms with E-state index in [1.807, 2.05) is 0 Å². The zero-order valence-corrected chi connectivity index (χ0v) is 11.6. The van der Waals surface area contributed by atoms with Gasteiger partial charge in [-0.15, -0.1) is 11.3 Å². The number of aromatic carboxylic acids is 1. The lowest BCUT2D eigenvalue weighted by molar-refractivity contribution is 0.0698. The minimum atomic E-state index is -3.95. The van der Waals surface area contributed by atoms with Crippen LogP contribution in [0.3, 0.4) is 0 Å². The molecule has 1 atom stereocenters. The molecule has 3 N–H and O–H groups in total. The van der Waals surface area contributed by atoms with Gasteiger partial charge in [-0.2, -0.15) is 0 Å². The topological polar surface area (TPSA) is 104 Å². The minimum absolute atomic E-state index is 0.237. The average molecular weight is 293 g/mol. The monoisotopic (exact) mass is 293 g/mol. The second-order valence-electron chi connectivity index (χ2n) is 4.10. The van der Waals surface area contributed by atoms with Gasteiger partial charge in [0.1, 0.15) is 9.77 Å². The van der Waals surface area contributed by atoms with Crippen LogP contribution in [-0.2, 0) is 10.0 Å². The van der Waals surface area contributed by atoms with Crippen molar-refractivity contribution >= 4 is 27.3 Å². The van der Waals surface area contributed by atoms with Gasteiger partial charge < -0.3 is 10.2 Å². The maximum atomic E-state index is 12.1. The number of hydrogen-bond donors (Lipinski definition) is 3. The molecule has 6 nitrogen and oxygen atoms in total. The first kappa shape index (κ1) is 15.1. The number of hydrogen-bond acceptors (Lipinski definition) is 5. The van der Waals surface area contributed by atoms with Gasteiger partial charge in [0.2, 0.25) is 10.0 Å². The molecule has 0 amide bonds. The molecule has 0 aliphatic heterocycles. The van der Waals surface area contributed by atoms with Crippen molar-refractivity contribution in [3.8, 4) is 0 Å². The summed E-state index contributed by atoms with van der Waals surface area (Å²) in [4.78, 5) is 10.4. The van der Waals surface area contributed by atoms with E-state index in [1.54, 1.807) is 13.8 Å². The normalized spacial score (nSPS) is 15.3. The highest BCUT2D eigenvalue weighted by Gasteiger charge is 2.31. The molecule has 1 rings (SSSR count). The molecule has 102 valence electrons. The molecule has 0 fully saturated rings. The van der Waals surface area contributed by atoms with Crippen molar-refractivity contribution in [1.82, 2.24) is 4.72 Å². The van der Waals surface area contributed by atoms with E-state index in [0.29, 0.717) is 6.42 Å². The Morgan fingerprint density at radius 1 is 1.56 bits per heavy atom. The fourth-order valence-electron chi connectivity index (χ4n) is 1.26. The van der Waals surface area contributed by atoms with Crippen LogP contribution < -0.4 is 4.72 Å². The summed E-state index contributed by atoms with van der Waals surface area (Å²) in [6.07, 6.45) is 0.384. The zero-order chi connectivity index (χ0) is 14.0. The molecule has 0 saturated heterocycles. The summed E-state index contributed by atoms with van der Waals surface area (Å²) in [5.41, 5.74) is -1.00. The maximum absolute atomic E-state index is 12.1. The molecule has 0 aliphatic rings. The van der Waals surface area contributed by atoms with Crippen LogP contribution in [0, 0.1) is 0 Å². The molecule has 0 aromatic carbocycles. The van der Waals surface area contributed by atoms with Crippen LogP contribution in [0.5, 0.6) is 0 Å². The molecule has 0 radical (unpaired) electrons. The molecule has 0 bridgehead atoms. The molecule has 1 heterocycles. The van der Waals surface area contributed by atoms with Gasteiger partial charge >= 0.3 is 5.97 Å². The van der Waals surface area contributed by atoms with Crippen molar-refractivity contribution in [3.05, 3.63) is 16.3 Å². The molecule has 18 heavy (non-hydrogen) atoms. The first-order chi connectivity index (χ1) is 8.25. The van der Waals surface area contributed by atoms with E-state index in [9.17, 15) is 18.3 Å². The lowest BCUT2D eigenvalue weighted by Crippen LogP contribution is -2.48. The van der Waals surface area contributed by atoms with E-state index >= 15 is 0 Å². The highest BCUT2D eigenvalue weighted by molar-refractivity contribution is 7.89. The molecular formula is C10H15NO5S2. The minimum Gasteiger partial charge on any atom is -0.477 e. The van der Waals surface area contributed by atoms with Crippen LogP contribution in [0.2, 0.25) is 0 Å². The number of aliphatic hydroxyl groups excluding tert-OH is 1. The van der Waals surface area contributed by atoms with Gasteiger partial charge in [-0.3, -0.25) is 0 Å². The Bertz CT molecular complexity index is 530. The van der Waals surface area contributed by atoms with Crippen LogP contribution >= 0.6 is 11.3 Å². The molecule has 0 saturated carbocycles. The highest BCUT2D eigenvalue weighted by atomic mass is 32.2. The smallest absolute Gasteiger partial charge is 0.347 e. The van der Waals surface area contributed by atoms with E-state index in [1.165, 1.54) is 11.4 Å². The Morgan fingerprint density at radius 2 is 2.17 bits per heavy atom. The van der Waals surface area contributed by atoms with Gasteiger partial charge in [0.15, 0.2) is 0 Å². The van der Waals surface area contributed by atoms with Crippen molar-refractivity contribution < 1.29 is 23.4 Å². The van der Waals surface area contributed by atoms with Crippen LogP contribution in [0.4, 0.5) is 0 Å². The molecule has 1 aromatic rings. The van der Waals surface area contributed by atoms with Crippen molar-refractivity contribution in [2.24, 2.45) is 0 Å². The van der Waals surface area contributed by atoms with Gasteiger partial charge in [0.05, 0.1) is 12.1 Å². The number of thiophene rings is 1. The summed E-state index contributed by atoms with van der Waals surface area (Å²) in [6.45, 7) is 2.91.